The lowest BCUT2D eigenvalue weighted by Gasteiger charge is -2.29. The lowest BCUT2D eigenvalue weighted by molar-refractivity contribution is -0.120. The number of hydrogen-bond donors (Lipinski definition) is 1. The lowest BCUT2D eigenvalue weighted by atomic mass is 9.73. The molecular weight excluding hydrogens is 364 g/mol. The normalized spacial score (nSPS) is 30.6. The van der Waals surface area contributed by atoms with Crippen LogP contribution in [0.1, 0.15) is 29.8 Å². The first-order chi connectivity index (χ1) is 14.0. The second kappa shape index (κ2) is 7.26. The van der Waals surface area contributed by atoms with Crippen LogP contribution in [0.3, 0.4) is 0 Å². The van der Waals surface area contributed by atoms with Crippen molar-refractivity contribution in [2.24, 2.45) is 18.9 Å². The summed E-state index contributed by atoms with van der Waals surface area (Å²) in [5.74, 6) is 2.12. The number of imidazole rings is 1. The molecule has 0 aliphatic carbocycles. The van der Waals surface area contributed by atoms with E-state index in [4.69, 9.17) is 4.74 Å². The number of aryl methyl sites for hydroxylation is 2. The number of likely N-dealkylation sites (tertiary alicyclic amines) is 1. The summed E-state index contributed by atoms with van der Waals surface area (Å²) in [7, 11) is 2.05. The van der Waals surface area contributed by atoms with Gasteiger partial charge in [-0.25, -0.2) is 4.98 Å². The largest absolute Gasteiger partial charge is 0.370 e. The predicted octanol–water partition coefficient (Wildman–Crippen LogP) is 2.07. The number of ether oxygens (including phenoxy) is 1. The summed E-state index contributed by atoms with van der Waals surface area (Å²) in [4.78, 5) is 19.5. The van der Waals surface area contributed by atoms with Gasteiger partial charge in [-0.05, 0) is 25.3 Å². The van der Waals surface area contributed by atoms with E-state index in [2.05, 4.69) is 38.8 Å². The van der Waals surface area contributed by atoms with E-state index in [1.165, 1.54) is 5.56 Å². The number of carbonyl (C=O) groups excluding carboxylic acids is 1. The molecule has 3 fully saturated rings. The van der Waals surface area contributed by atoms with Crippen molar-refractivity contribution in [2.75, 3.05) is 19.6 Å². The molecule has 1 aromatic heterocycles. The molecule has 1 spiro atoms. The Morgan fingerprint density at radius 1 is 1.41 bits per heavy atom. The molecule has 29 heavy (non-hydrogen) atoms. The van der Waals surface area contributed by atoms with E-state index < -0.39 is 0 Å². The molecule has 3 saturated heterocycles. The van der Waals surface area contributed by atoms with E-state index in [0.29, 0.717) is 24.4 Å². The molecule has 154 valence electrons. The second-order valence-electron chi connectivity index (χ2n) is 9.12. The van der Waals surface area contributed by atoms with Crippen molar-refractivity contribution in [3.8, 4) is 0 Å². The number of benzene rings is 1. The summed E-state index contributed by atoms with van der Waals surface area (Å²) in [5.41, 5.74) is 2.25. The second-order valence-corrected chi connectivity index (χ2v) is 9.12. The van der Waals surface area contributed by atoms with Gasteiger partial charge >= 0.3 is 0 Å². The standard InChI is InChI=1S/C23H30N4O2/c1-16-4-3-5-17(10-16)11-22(28)25-12-18-19-13-27(14-21-24-8-9-26(21)2)15-23(19)7-6-20(18)29-23/h3-5,8-10,18-20H,6-7,11-15H2,1-2H3,(H,25,28)/t18-,19+,20+,23+/m0/s1. The van der Waals surface area contributed by atoms with Crippen molar-refractivity contribution in [1.82, 2.24) is 19.8 Å². The van der Waals surface area contributed by atoms with Gasteiger partial charge in [0.1, 0.15) is 5.82 Å². The Labute approximate surface area is 172 Å². The number of hydrogen-bond acceptors (Lipinski definition) is 4. The van der Waals surface area contributed by atoms with E-state index in [1.807, 2.05) is 31.6 Å². The molecule has 6 nitrogen and oxygen atoms in total. The highest BCUT2D eigenvalue weighted by Gasteiger charge is 2.62. The molecule has 2 bridgehead atoms. The first-order valence-corrected chi connectivity index (χ1v) is 10.7. The van der Waals surface area contributed by atoms with Crippen molar-refractivity contribution in [3.05, 3.63) is 53.6 Å². The molecule has 3 aliphatic rings. The Kier molecular flexibility index (Phi) is 4.71. The minimum absolute atomic E-state index is 0.0121. The maximum Gasteiger partial charge on any atom is 0.224 e. The van der Waals surface area contributed by atoms with Gasteiger partial charge in [0.15, 0.2) is 0 Å². The molecule has 0 unspecified atom stereocenters. The van der Waals surface area contributed by atoms with Gasteiger partial charge in [-0.3, -0.25) is 9.69 Å². The summed E-state index contributed by atoms with van der Waals surface area (Å²) < 4.78 is 8.61. The zero-order valence-corrected chi connectivity index (χ0v) is 17.3. The Bertz CT molecular complexity index is 910. The minimum Gasteiger partial charge on any atom is -0.370 e. The number of rotatable bonds is 6. The number of nitrogens with one attached hydrogen (secondary N) is 1. The Morgan fingerprint density at radius 3 is 3.10 bits per heavy atom. The van der Waals surface area contributed by atoms with Gasteiger partial charge in [0, 0.05) is 50.9 Å². The lowest BCUT2D eigenvalue weighted by Crippen LogP contribution is -2.42. The Hall–Kier alpha value is -2.18. The number of carbonyl (C=O) groups is 1. The summed E-state index contributed by atoms with van der Waals surface area (Å²) >= 11 is 0. The highest BCUT2D eigenvalue weighted by molar-refractivity contribution is 5.78. The average molecular weight is 395 g/mol. The summed E-state index contributed by atoms with van der Waals surface area (Å²) in [5, 5.41) is 3.20. The predicted molar refractivity (Wildman–Crippen MR) is 110 cm³/mol. The quantitative estimate of drug-likeness (QED) is 0.815. The maximum atomic E-state index is 12.5. The van der Waals surface area contributed by atoms with Gasteiger partial charge in [-0.2, -0.15) is 0 Å². The van der Waals surface area contributed by atoms with Gasteiger partial charge in [-0.15, -0.1) is 0 Å². The molecular formula is C23H30N4O2. The van der Waals surface area contributed by atoms with E-state index in [0.717, 1.165) is 50.4 Å². The van der Waals surface area contributed by atoms with Gasteiger partial charge in [0.25, 0.3) is 0 Å². The fourth-order valence-electron chi connectivity index (χ4n) is 5.73. The van der Waals surface area contributed by atoms with Crippen LogP contribution in [0.15, 0.2) is 36.7 Å². The van der Waals surface area contributed by atoms with Gasteiger partial charge < -0.3 is 14.6 Å². The van der Waals surface area contributed by atoms with Crippen LogP contribution in [0, 0.1) is 18.8 Å². The Morgan fingerprint density at radius 2 is 2.31 bits per heavy atom. The minimum atomic E-state index is -0.0121. The summed E-state index contributed by atoms with van der Waals surface area (Å²) in [6.45, 7) is 5.65. The Balaban J connectivity index is 1.20. The molecule has 1 amide bonds. The van der Waals surface area contributed by atoms with E-state index in [-0.39, 0.29) is 11.5 Å². The molecule has 1 N–H and O–H groups in total. The number of nitrogens with zero attached hydrogens (tertiary/aromatic N) is 3. The molecule has 0 saturated carbocycles. The van der Waals surface area contributed by atoms with Crippen molar-refractivity contribution >= 4 is 5.91 Å². The van der Waals surface area contributed by atoms with Crippen molar-refractivity contribution in [2.45, 2.75) is 44.4 Å². The van der Waals surface area contributed by atoms with Gasteiger partial charge in [-0.1, -0.05) is 29.8 Å². The fraction of sp³-hybridized carbons (Fsp3) is 0.565. The summed E-state index contributed by atoms with van der Waals surface area (Å²) in [6.07, 6.45) is 6.87. The highest BCUT2D eigenvalue weighted by atomic mass is 16.5. The van der Waals surface area contributed by atoms with Gasteiger partial charge in [0.05, 0.1) is 24.7 Å². The topological polar surface area (TPSA) is 59.4 Å². The third kappa shape index (κ3) is 3.49. The van der Waals surface area contributed by atoms with Crippen LogP contribution < -0.4 is 5.32 Å². The van der Waals surface area contributed by atoms with Crippen LogP contribution in [-0.2, 0) is 29.5 Å². The van der Waals surface area contributed by atoms with E-state index in [9.17, 15) is 4.79 Å². The van der Waals surface area contributed by atoms with Gasteiger partial charge in [0.2, 0.25) is 5.91 Å². The molecule has 3 aliphatic heterocycles. The van der Waals surface area contributed by atoms with Crippen molar-refractivity contribution in [1.29, 1.82) is 0 Å². The summed E-state index contributed by atoms with van der Waals surface area (Å²) in [6, 6.07) is 8.18. The molecule has 4 atom stereocenters. The van der Waals surface area contributed by atoms with Crippen LogP contribution in [0.2, 0.25) is 0 Å². The molecule has 5 rings (SSSR count). The van der Waals surface area contributed by atoms with Crippen LogP contribution in [0.5, 0.6) is 0 Å². The zero-order chi connectivity index (χ0) is 20.0. The smallest absolute Gasteiger partial charge is 0.224 e. The highest BCUT2D eigenvalue weighted by Crippen LogP contribution is 2.54. The zero-order valence-electron chi connectivity index (χ0n) is 17.3. The molecule has 4 heterocycles. The van der Waals surface area contributed by atoms with E-state index >= 15 is 0 Å². The van der Waals surface area contributed by atoms with E-state index in [1.54, 1.807) is 0 Å². The molecule has 0 radical (unpaired) electrons. The average Bonchev–Trinajstić information content (AvgIpc) is 3.42. The molecule has 1 aromatic carbocycles. The molecule has 6 heteroatoms. The number of fused-ring (bicyclic) bond motifs is 1. The van der Waals surface area contributed by atoms with Crippen molar-refractivity contribution < 1.29 is 9.53 Å². The van der Waals surface area contributed by atoms with Crippen LogP contribution >= 0.6 is 0 Å². The first kappa shape index (κ1) is 18.8. The van der Waals surface area contributed by atoms with Crippen LogP contribution in [-0.4, -0.2) is 51.7 Å². The van der Waals surface area contributed by atoms with Crippen molar-refractivity contribution in [3.63, 3.8) is 0 Å². The maximum absolute atomic E-state index is 12.5. The molecule has 2 aromatic rings. The monoisotopic (exact) mass is 394 g/mol. The number of amides is 1. The van der Waals surface area contributed by atoms with Crippen LogP contribution in [0.25, 0.3) is 0 Å². The third-order valence-electron chi connectivity index (χ3n) is 7.12. The first-order valence-electron chi connectivity index (χ1n) is 10.7. The number of aromatic nitrogens is 2. The SMILES string of the molecule is Cc1cccc(CC(=O)NC[C@H]2[C@H]3CN(Cc4nccn4C)C[C@]34CC[C@H]2O4)c1. The fourth-order valence-corrected chi connectivity index (χ4v) is 5.73. The van der Waals surface area contributed by atoms with Crippen LogP contribution in [0.4, 0.5) is 0 Å². The third-order valence-corrected chi connectivity index (χ3v) is 7.12.